The van der Waals surface area contributed by atoms with Gasteiger partial charge in [0.1, 0.15) is 6.61 Å². The fourth-order valence-electron chi connectivity index (χ4n) is 0.876. The third kappa shape index (κ3) is 6.55. The molecule has 0 aromatic heterocycles. The minimum Gasteiger partial charge on any atom is -0.435 e. The van der Waals surface area contributed by atoms with E-state index in [1.165, 1.54) is 0 Å². The van der Waals surface area contributed by atoms with E-state index >= 15 is 0 Å². The highest BCUT2D eigenvalue weighted by Crippen LogP contribution is 2.01. The van der Waals surface area contributed by atoms with Crippen molar-refractivity contribution in [2.45, 2.75) is 27.4 Å². The summed E-state index contributed by atoms with van der Waals surface area (Å²) in [6.07, 6.45) is -0.619. The molecular weight excluding hydrogens is 192 g/mol. The molecular formula is C12H18O3. The van der Waals surface area contributed by atoms with Gasteiger partial charge >= 0.3 is 6.16 Å². The van der Waals surface area contributed by atoms with Crippen LogP contribution >= 0.6 is 0 Å². The molecule has 0 saturated carbocycles. The molecule has 1 rings (SSSR count). The monoisotopic (exact) mass is 210 g/mol. The molecule has 0 amide bonds. The second kappa shape index (κ2) is 9.06. The van der Waals surface area contributed by atoms with E-state index in [1.807, 2.05) is 44.2 Å². The van der Waals surface area contributed by atoms with E-state index in [2.05, 4.69) is 4.74 Å². The van der Waals surface area contributed by atoms with Crippen molar-refractivity contribution in [2.24, 2.45) is 0 Å². The van der Waals surface area contributed by atoms with E-state index in [0.717, 1.165) is 5.56 Å². The molecule has 1 aromatic carbocycles. The first-order chi connectivity index (χ1) is 7.33. The van der Waals surface area contributed by atoms with Crippen LogP contribution in [0.1, 0.15) is 26.3 Å². The highest BCUT2D eigenvalue weighted by molar-refractivity contribution is 5.59. The Balaban J connectivity index is 0.000000921. The lowest BCUT2D eigenvalue weighted by atomic mass is 10.2. The second-order valence-electron chi connectivity index (χ2n) is 2.46. The first-order valence-electron chi connectivity index (χ1n) is 5.16. The quantitative estimate of drug-likeness (QED) is 0.717. The molecule has 84 valence electrons. The van der Waals surface area contributed by atoms with Gasteiger partial charge in [0, 0.05) is 0 Å². The molecule has 0 spiro atoms. The minimum absolute atomic E-state index is 0.264. The Morgan fingerprint density at radius 3 is 2.27 bits per heavy atom. The Labute approximate surface area is 91.0 Å². The van der Waals surface area contributed by atoms with Crippen molar-refractivity contribution >= 4 is 6.16 Å². The van der Waals surface area contributed by atoms with Crippen LogP contribution in [0.4, 0.5) is 4.79 Å². The summed E-state index contributed by atoms with van der Waals surface area (Å²) in [7, 11) is 0. The van der Waals surface area contributed by atoms with Crippen LogP contribution in [-0.4, -0.2) is 12.8 Å². The van der Waals surface area contributed by atoms with Gasteiger partial charge in [-0.05, 0) is 12.5 Å². The van der Waals surface area contributed by atoms with Gasteiger partial charge in [-0.3, -0.25) is 0 Å². The highest BCUT2D eigenvalue weighted by atomic mass is 16.7. The average molecular weight is 210 g/mol. The van der Waals surface area contributed by atoms with Crippen LogP contribution in [0.25, 0.3) is 0 Å². The van der Waals surface area contributed by atoms with Crippen LogP contribution in [0.15, 0.2) is 30.3 Å². The lowest BCUT2D eigenvalue weighted by molar-refractivity contribution is 0.0536. The molecule has 0 N–H and O–H groups in total. The third-order valence-corrected chi connectivity index (χ3v) is 1.46. The standard InChI is InChI=1S/C10H12O3.C2H6/c1-2-12-10(11)13-8-9-6-4-3-5-7-9;1-2/h3-7H,2,8H2,1H3;1-2H3. The molecule has 0 heterocycles. The van der Waals surface area contributed by atoms with Gasteiger partial charge in [0.2, 0.25) is 0 Å². The lowest BCUT2D eigenvalue weighted by Crippen LogP contribution is -2.06. The van der Waals surface area contributed by atoms with Gasteiger partial charge in [0.15, 0.2) is 0 Å². The van der Waals surface area contributed by atoms with E-state index < -0.39 is 6.16 Å². The van der Waals surface area contributed by atoms with Gasteiger partial charge in [-0.25, -0.2) is 4.79 Å². The zero-order chi connectivity index (χ0) is 11.5. The van der Waals surface area contributed by atoms with Crippen molar-refractivity contribution in [3.63, 3.8) is 0 Å². The van der Waals surface area contributed by atoms with E-state index in [9.17, 15) is 4.79 Å². The minimum atomic E-state index is -0.619. The number of hydrogen-bond donors (Lipinski definition) is 0. The molecule has 15 heavy (non-hydrogen) atoms. The van der Waals surface area contributed by atoms with Gasteiger partial charge < -0.3 is 9.47 Å². The van der Waals surface area contributed by atoms with Crippen molar-refractivity contribution in [3.05, 3.63) is 35.9 Å². The van der Waals surface area contributed by atoms with Crippen molar-refractivity contribution in [3.8, 4) is 0 Å². The van der Waals surface area contributed by atoms with Gasteiger partial charge in [-0.15, -0.1) is 0 Å². The number of carbonyl (C=O) groups excluding carboxylic acids is 1. The summed E-state index contributed by atoms with van der Waals surface area (Å²) in [5.41, 5.74) is 0.954. The van der Waals surface area contributed by atoms with E-state index in [1.54, 1.807) is 6.92 Å². The maximum Gasteiger partial charge on any atom is 0.508 e. The van der Waals surface area contributed by atoms with Crippen LogP contribution in [0.2, 0.25) is 0 Å². The zero-order valence-electron chi connectivity index (χ0n) is 9.53. The highest BCUT2D eigenvalue weighted by Gasteiger charge is 2.01. The Hall–Kier alpha value is -1.51. The molecule has 0 saturated heterocycles. The van der Waals surface area contributed by atoms with Crippen LogP contribution in [-0.2, 0) is 16.1 Å². The van der Waals surface area contributed by atoms with E-state index in [-0.39, 0.29) is 6.61 Å². The van der Waals surface area contributed by atoms with Crippen LogP contribution in [0, 0.1) is 0 Å². The van der Waals surface area contributed by atoms with Gasteiger partial charge in [-0.2, -0.15) is 0 Å². The summed E-state index contributed by atoms with van der Waals surface area (Å²) >= 11 is 0. The van der Waals surface area contributed by atoms with Crippen LogP contribution in [0.3, 0.4) is 0 Å². The fraction of sp³-hybridized carbons (Fsp3) is 0.417. The number of ether oxygens (including phenoxy) is 2. The molecule has 0 radical (unpaired) electrons. The molecule has 0 unspecified atom stereocenters. The maximum absolute atomic E-state index is 10.8. The molecule has 3 nitrogen and oxygen atoms in total. The number of hydrogen-bond acceptors (Lipinski definition) is 3. The summed E-state index contributed by atoms with van der Waals surface area (Å²) in [6, 6.07) is 9.47. The summed E-state index contributed by atoms with van der Waals surface area (Å²) < 4.78 is 9.41. The summed E-state index contributed by atoms with van der Waals surface area (Å²) in [4.78, 5) is 10.8. The third-order valence-electron chi connectivity index (χ3n) is 1.46. The number of carbonyl (C=O) groups is 1. The molecule has 0 atom stereocenters. The summed E-state index contributed by atoms with van der Waals surface area (Å²) in [6.45, 7) is 6.34. The Morgan fingerprint density at radius 2 is 1.73 bits per heavy atom. The number of rotatable bonds is 3. The van der Waals surface area contributed by atoms with Gasteiger partial charge in [0.05, 0.1) is 6.61 Å². The average Bonchev–Trinajstić information content (AvgIpc) is 2.31. The topological polar surface area (TPSA) is 35.5 Å². The predicted molar refractivity (Wildman–Crippen MR) is 59.6 cm³/mol. The Kier molecular flexibility index (Phi) is 8.15. The first kappa shape index (κ1) is 13.5. The Bertz CT molecular complexity index is 257. The normalized spacial score (nSPS) is 8.47. The van der Waals surface area contributed by atoms with E-state index in [4.69, 9.17) is 4.74 Å². The van der Waals surface area contributed by atoms with Gasteiger partial charge in [-0.1, -0.05) is 44.2 Å². The smallest absolute Gasteiger partial charge is 0.435 e. The molecule has 0 aliphatic carbocycles. The molecule has 0 aliphatic rings. The Morgan fingerprint density at radius 1 is 1.13 bits per heavy atom. The number of benzene rings is 1. The zero-order valence-corrected chi connectivity index (χ0v) is 9.53. The largest absolute Gasteiger partial charge is 0.508 e. The van der Waals surface area contributed by atoms with Crippen molar-refractivity contribution in [1.82, 2.24) is 0 Å². The van der Waals surface area contributed by atoms with Crippen LogP contribution < -0.4 is 0 Å². The first-order valence-corrected chi connectivity index (χ1v) is 5.16. The van der Waals surface area contributed by atoms with Crippen molar-refractivity contribution in [2.75, 3.05) is 6.61 Å². The maximum atomic E-state index is 10.8. The molecule has 0 bridgehead atoms. The lowest BCUT2D eigenvalue weighted by Gasteiger charge is -2.03. The van der Waals surface area contributed by atoms with Crippen LogP contribution in [0.5, 0.6) is 0 Å². The SMILES string of the molecule is CC.CCOC(=O)OCc1ccccc1. The van der Waals surface area contributed by atoms with Crippen molar-refractivity contribution < 1.29 is 14.3 Å². The van der Waals surface area contributed by atoms with Gasteiger partial charge in [0.25, 0.3) is 0 Å². The van der Waals surface area contributed by atoms with E-state index in [0.29, 0.717) is 6.61 Å². The molecule has 0 aliphatic heterocycles. The molecule has 0 fully saturated rings. The van der Waals surface area contributed by atoms with Crippen molar-refractivity contribution in [1.29, 1.82) is 0 Å². The second-order valence-corrected chi connectivity index (χ2v) is 2.46. The summed E-state index contributed by atoms with van der Waals surface area (Å²) in [5, 5.41) is 0. The fourth-order valence-corrected chi connectivity index (χ4v) is 0.876. The summed E-state index contributed by atoms with van der Waals surface area (Å²) in [5.74, 6) is 0. The predicted octanol–water partition coefficient (Wildman–Crippen LogP) is 3.39. The molecule has 3 heteroatoms. The molecule has 1 aromatic rings.